The van der Waals surface area contributed by atoms with Crippen LogP contribution in [-0.4, -0.2) is 52.7 Å². The number of allylic oxidation sites excluding steroid dienone is 6. The summed E-state index contributed by atoms with van der Waals surface area (Å²) in [5, 5.41) is 11.3. The van der Waals surface area contributed by atoms with Crippen molar-refractivity contribution < 1.29 is 38.5 Å². The molecule has 3 heterocycles. The molecular weight excluding hydrogens is 632 g/mol. The first-order valence-electron chi connectivity index (χ1n) is 19.1. The fourth-order valence-corrected chi connectivity index (χ4v) is 9.82. The summed E-state index contributed by atoms with van der Waals surface area (Å²) >= 11 is 0. The summed E-state index contributed by atoms with van der Waals surface area (Å²) in [6, 6.07) is 0. The van der Waals surface area contributed by atoms with Crippen LogP contribution in [0.25, 0.3) is 0 Å². The van der Waals surface area contributed by atoms with Crippen LogP contribution in [0.3, 0.4) is 0 Å². The molecule has 0 aromatic heterocycles. The van der Waals surface area contributed by atoms with Crippen molar-refractivity contribution in [3.63, 3.8) is 0 Å². The van der Waals surface area contributed by atoms with Gasteiger partial charge in [-0.15, -0.1) is 0 Å². The molecule has 9 atom stereocenters. The fourth-order valence-electron chi connectivity index (χ4n) is 9.82. The number of carbonyl (C=O) groups is 4. The van der Waals surface area contributed by atoms with Crippen molar-refractivity contribution in [2.75, 3.05) is 0 Å². The van der Waals surface area contributed by atoms with Gasteiger partial charge in [0.15, 0.2) is 0 Å². The number of Topliss-reactive ketones (excluding diaryl/α,β-unsaturated/α-hetero) is 1. The number of hydrogen-bond acceptors (Lipinski definition) is 8. The van der Waals surface area contributed by atoms with Crippen LogP contribution in [-0.2, 0) is 33.4 Å². The van der Waals surface area contributed by atoms with E-state index in [2.05, 4.69) is 46.8 Å². The number of carbonyl (C=O) groups excluding carboxylic acids is 4. The Hall–Kier alpha value is -3.00. The minimum absolute atomic E-state index is 0.0208. The Balaban J connectivity index is 1.69. The molecule has 1 saturated heterocycles. The van der Waals surface area contributed by atoms with Crippen molar-refractivity contribution in [3.8, 4) is 0 Å². The number of aliphatic hydroxyl groups is 1. The van der Waals surface area contributed by atoms with Crippen LogP contribution in [0, 0.1) is 35.0 Å². The second kappa shape index (κ2) is 15.3. The number of rotatable bonds is 2. The summed E-state index contributed by atoms with van der Waals surface area (Å²) in [5.74, 6) is -1.89. The van der Waals surface area contributed by atoms with Gasteiger partial charge >= 0.3 is 17.9 Å². The Kier molecular flexibility index (Phi) is 11.7. The lowest BCUT2D eigenvalue weighted by Crippen LogP contribution is -2.49. The zero-order chi connectivity index (χ0) is 36.5. The van der Waals surface area contributed by atoms with Crippen molar-refractivity contribution in [3.05, 3.63) is 46.1 Å². The van der Waals surface area contributed by atoms with Gasteiger partial charge in [0.1, 0.15) is 23.6 Å². The molecule has 0 aromatic carbocycles. The van der Waals surface area contributed by atoms with Gasteiger partial charge in [-0.05, 0) is 97.3 Å². The van der Waals surface area contributed by atoms with E-state index in [-0.39, 0.29) is 47.8 Å². The average molecular weight is 693 g/mol. The van der Waals surface area contributed by atoms with Crippen LogP contribution in [0.1, 0.15) is 132 Å². The maximum atomic E-state index is 14.9. The van der Waals surface area contributed by atoms with Crippen LogP contribution in [0.5, 0.6) is 0 Å². The highest BCUT2D eigenvalue weighted by Gasteiger charge is 2.65. The molecule has 50 heavy (non-hydrogen) atoms. The molecule has 0 unspecified atom stereocenters. The van der Waals surface area contributed by atoms with E-state index in [1.807, 2.05) is 19.9 Å². The average Bonchev–Trinajstić information content (AvgIpc) is 3.17. The molecule has 2 aliphatic carbocycles. The first kappa shape index (κ1) is 38.2. The van der Waals surface area contributed by atoms with Gasteiger partial charge in [0.2, 0.25) is 0 Å². The summed E-state index contributed by atoms with van der Waals surface area (Å²) in [7, 11) is 0. The second-order valence-corrected chi connectivity index (χ2v) is 16.9. The van der Waals surface area contributed by atoms with Crippen molar-refractivity contribution in [1.82, 2.24) is 0 Å². The van der Waals surface area contributed by atoms with Gasteiger partial charge in [-0.2, -0.15) is 0 Å². The summed E-state index contributed by atoms with van der Waals surface area (Å²) < 4.78 is 18.7. The molecule has 0 amide bonds. The van der Waals surface area contributed by atoms with Crippen LogP contribution >= 0.6 is 0 Å². The zero-order valence-corrected chi connectivity index (χ0v) is 31.6. The van der Waals surface area contributed by atoms with Gasteiger partial charge in [-0.1, -0.05) is 61.3 Å². The molecule has 1 N–H and O–H groups in total. The van der Waals surface area contributed by atoms with E-state index in [9.17, 15) is 24.3 Å². The van der Waals surface area contributed by atoms with Crippen molar-refractivity contribution in [2.45, 2.75) is 156 Å². The number of esters is 3. The molecule has 1 fully saturated rings. The van der Waals surface area contributed by atoms with E-state index >= 15 is 0 Å². The summed E-state index contributed by atoms with van der Waals surface area (Å²) in [6.07, 6.45) is 10.8. The SMILES string of the molecule is CC(=O)O[C@H]1C/C(C)=C/CC[C@H](C)CC(=O)C[C@@]23C(=O)O[C@@H]([C@@H]1C(C)C)[C@@H]2CC(C)=C1CCC2=CCC[C@@](C)(OC2=O)[C@@H](O)CC/C(C)=C\[C@@H]13. The van der Waals surface area contributed by atoms with Gasteiger partial charge in [0, 0.05) is 49.5 Å². The van der Waals surface area contributed by atoms with Crippen LogP contribution in [0.2, 0.25) is 0 Å². The second-order valence-electron chi connectivity index (χ2n) is 16.9. The van der Waals surface area contributed by atoms with E-state index in [0.717, 1.165) is 35.1 Å². The standard InChI is InChI=1S/C42H60O8/c1-24(2)37-35(48-29(7)43)21-26(4)12-9-11-25(3)19-31(44)23-42-33-20-27(5)14-17-36(45)41(8)18-10-13-30(39(46)50-41)15-16-32(33)28(6)22-34(42)38(37)49-40(42)47/h12-13,20,24-25,33-38,45H,9-11,14-19,21-23H2,1-8H3/b26-12+,27-20-/t25-,33-,34-,35-,36-,37+,38+,41+,42-/m0/s1. The molecule has 8 nitrogen and oxygen atoms in total. The number of fused-ring (bicyclic) bond motifs is 4. The van der Waals surface area contributed by atoms with E-state index in [1.165, 1.54) is 6.92 Å². The Morgan fingerprint density at radius 1 is 0.980 bits per heavy atom. The van der Waals surface area contributed by atoms with Gasteiger partial charge in [0.05, 0.1) is 11.5 Å². The topological polar surface area (TPSA) is 116 Å². The first-order chi connectivity index (χ1) is 23.6. The minimum Gasteiger partial charge on any atom is -0.462 e. The van der Waals surface area contributed by atoms with E-state index in [4.69, 9.17) is 14.2 Å². The Morgan fingerprint density at radius 3 is 2.42 bits per heavy atom. The van der Waals surface area contributed by atoms with Gasteiger partial charge in [-0.3, -0.25) is 14.4 Å². The third kappa shape index (κ3) is 7.75. The highest BCUT2D eigenvalue weighted by molar-refractivity contribution is 5.91. The predicted molar refractivity (Wildman–Crippen MR) is 192 cm³/mol. The fraction of sp³-hybridized carbons (Fsp3) is 0.714. The van der Waals surface area contributed by atoms with Crippen molar-refractivity contribution >= 4 is 23.7 Å². The summed E-state index contributed by atoms with van der Waals surface area (Å²) in [5.41, 5.74) is 2.84. The smallest absolute Gasteiger partial charge is 0.334 e. The number of aliphatic hydroxyl groups excluding tert-OH is 1. The molecule has 276 valence electrons. The highest BCUT2D eigenvalue weighted by atomic mass is 16.6. The molecule has 3 aliphatic heterocycles. The summed E-state index contributed by atoms with van der Waals surface area (Å²) in [6.45, 7) is 15.8. The highest BCUT2D eigenvalue weighted by Crippen LogP contribution is 2.61. The van der Waals surface area contributed by atoms with E-state index < -0.39 is 41.2 Å². The van der Waals surface area contributed by atoms with Crippen LogP contribution < -0.4 is 0 Å². The monoisotopic (exact) mass is 692 g/mol. The van der Waals surface area contributed by atoms with Gasteiger partial charge in [-0.25, -0.2) is 4.79 Å². The van der Waals surface area contributed by atoms with E-state index in [1.54, 1.807) is 0 Å². The quantitative estimate of drug-likeness (QED) is 0.176. The molecule has 0 saturated carbocycles. The van der Waals surface area contributed by atoms with Gasteiger partial charge in [0.25, 0.3) is 0 Å². The lowest BCUT2D eigenvalue weighted by molar-refractivity contribution is -0.166. The molecule has 0 spiro atoms. The zero-order valence-electron chi connectivity index (χ0n) is 31.6. The molecule has 4 bridgehead atoms. The minimum atomic E-state index is -1.14. The normalized spacial score (nSPS) is 39.8. The van der Waals surface area contributed by atoms with E-state index in [0.29, 0.717) is 63.4 Å². The summed E-state index contributed by atoms with van der Waals surface area (Å²) in [4.78, 5) is 55.1. The molecular formula is C42H60O8. The van der Waals surface area contributed by atoms with Crippen LogP contribution in [0.4, 0.5) is 0 Å². The molecule has 0 radical (unpaired) electrons. The Labute approximate surface area is 299 Å². The number of hydrogen-bond donors (Lipinski definition) is 1. The Morgan fingerprint density at radius 2 is 1.72 bits per heavy atom. The molecule has 0 aromatic rings. The first-order valence-corrected chi connectivity index (χ1v) is 19.1. The number of ether oxygens (including phenoxy) is 3. The van der Waals surface area contributed by atoms with Crippen molar-refractivity contribution in [2.24, 2.45) is 35.0 Å². The third-order valence-electron chi connectivity index (χ3n) is 12.6. The molecule has 5 aliphatic rings. The Bertz CT molecular complexity index is 1480. The number of ketones is 1. The van der Waals surface area contributed by atoms with Crippen LogP contribution in [0.15, 0.2) is 46.1 Å². The molecule has 5 rings (SSSR count). The van der Waals surface area contributed by atoms with Gasteiger partial charge < -0.3 is 19.3 Å². The lowest BCUT2D eigenvalue weighted by atomic mass is 9.53. The largest absolute Gasteiger partial charge is 0.462 e. The van der Waals surface area contributed by atoms with Crippen molar-refractivity contribution in [1.29, 1.82) is 0 Å². The maximum Gasteiger partial charge on any atom is 0.334 e. The third-order valence-corrected chi connectivity index (χ3v) is 12.6. The predicted octanol–water partition coefficient (Wildman–Crippen LogP) is 8.07. The maximum absolute atomic E-state index is 14.9. The lowest BCUT2D eigenvalue weighted by Gasteiger charge is -2.46. The molecule has 8 heteroatoms.